The summed E-state index contributed by atoms with van der Waals surface area (Å²) >= 11 is 7.48. The van der Waals surface area contributed by atoms with Gasteiger partial charge in [-0.3, -0.25) is 4.79 Å². The highest BCUT2D eigenvalue weighted by Crippen LogP contribution is 2.23. The summed E-state index contributed by atoms with van der Waals surface area (Å²) in [5, 5.41) is 3.43. The van der Waals surface area contributed by atoms with Crippen molar-refractivity contribution in [3.8, 4) is 5.75 Å². The van der Waals surface area contributed by atoms with Gasteiger partial charge in [0, 0.05) is 29.1 Å². The van der Waals surface area contributed by atoms with Crippen LogP contribution in [-0.4, -0.2) is 39.8 Å². The van der Waals surface area contributed by atoms with Gasteiger partial charge in [-0.25, -0.2) is 13.1 Å². The van der Waals surface area contributed by atoms with Crippen LogP contribution in [0.1, 0.15) is 29.8 Å². The highest BCUT2D eigenvalue weighted by Gasteiger charge is 2.20. The maximum absolute atomic E-state index is 12.6. The fraction of sp³-hybridized carbons (Fsp3) is 0.350. The minimum absolute atomic E-state index is 0.0231. The number of carbonyl (C=O) groups excluding carboxylic acids is 1. The molecule has 0 radical (unpaired) electrons. The lowest BCUT2D eigenvalue weighted by molar-refractivity contribution is 0.0940. The molecule has 0 aromatic heterocycles. The molecule has 2 aromatic rings. The summed E-state index contributed by atoms with van der Waals surface area (Å²) in [7, 11) is -2.30. The van der Waals surface area contributed by atoms with Gasteiger partial charge in [-0.15, -0.1) is 0 Å². The third kappa shape index (κ3) is 7.22. The largest absolute Gasteiger partial charge is 0.496 e. The van der Waals surface area contributed by atoms with Crippen LogP contribution in [0.25, 0.3) is 0 Å². The van der Waals surface area contributed by atoms with E-state index in [0.717, 1.165) is 11.3 Å². The lowest BCUT2D eigenvalue weighted by Crippen LogP contribution is -2.31. The Morgan fingerprint density at radius 1 is 1.17 bits per heavy atom. The quantitative estimate of drug-likeness (QED) is 0.532. The topological polar surface area (TPSA) is 84.5 Å². The molecular weight excluding hydrogens is 432 g/mol. The Bertz CT molecular complexity index is 932. The van der Waals surface area contributed by atoms with E-state index in [-0.39, 0.29) is 29.0 Å². The molecule has 6 nitrogen and oxygen atoms in total. The standard InChI is InChI=1S/C20H25ClN2O4S2/c1-14(2)23-20(24)18-12-17(8-9-19(18)27-3)29(25,26)22-10-11-28-13-15-4-6-16(21)7-5-15/h4-9,12,14,22H,10-11,13H2,1-3H3,(H,23,24). The Hall–Kier alpha value is -1.74. The van der Waals surface area contributed by atoms with Crippen LogP contribution in [0.5, 0.6) is 5.75 Å². The summed E-state index contributed by atoms with van der Waals surface area (Å²) in [5.74, 6) is 1.31. The van der Waals surface area contributed by atoms with Crippen molar-refractivity contribution >= 4 is 39.3 Å². The Balaban J connectivity index is 1.97. The van der Waals surface area contributed by atoms with E-state index in [2.05, 4.69) is 10.0 Å². The van der Waals surface area contributed by atoms with Crippen LogP contribution in [0.2, 0.25) is 5.02 Å². The molecule has 2 aromatic carbocycles. The zero-order valence-corrected chi connectivity index (χ0v) is 19.0. The fourth-order valence-corrected chi connectivity index (χ4v) is 4.61. The summed E-state index contributed by atoms with van der Waals surface area (Å²) in [6, 6.07) is 11.7. The molecule has 9 heteroatoms. The molecule has 0 bridgehead atoms. The highest BCUT2D eigenvalue weighted by atomic mass is 35.5. The van der Waals surface area contributed by atoms with Gasteiger partial charge in [-0.2, -0.15) is 11.8 Å². The predicted octanol–water partition coefficient (Wildman–Crippen LogP) is 3.70. The zero-order valence-electron chi connectivity index (χ0n) is 16.6. The first-order valence-electron chi connectivity index (χ1n) is 9.03. The minimum atomic E-state index is -3.74. The van der Waals surface area contributed by atoms with E-state index in [4.69, 9.17) is 16.3 Å². The summed E-state index contributed by atoms with van der Waals surface area (Å²) in [4.78, 5) is 12.4. The Labute approximate surface area is 181 Å². The molecule has 0 saturated carbocycles. The van der Waals surface area contributed by atoms with Crippen LogP contribution in [0.4, 0.5) is 0 Å². The first-order chi connectivity index (χ1) is 13.7. The SMILES string of the molecule is COc1ccc(S(=O)(=O)NCCSCc2ccc(Cl)cc2)cc1C(=O)NC(C)C. The number of sulfonamides is 1. The van der Waals surface area contributed by atoms with Gasteiger partial charge in [0.15, 0.2) is 0 Å². The van der Waals surface area contributed by atoms with Gasteiger partial charge in [-0.05, 0) is 49.7 Å². The average molecular weight is 457 g/mol. The van der Waals surface area contributed by atoms with Gasteiger partial charge >= 0.3 is 0 Å². The van der Waals surface area contributed by atoms with Gasteiger partial charge in [0.2, 0.25) is 10.0 Å². The van der Waals surface area contributed by atoms with E-state index in [1.54, 1.807) is 11.8 Å². The molecule has 29 heavy (non-hydrogen) atoms. The van der Waals surface area contributed by atoms with Crippen LogP contribution in [0, 0.1) is 0 Å². The summed E-state index contributed by atoms with van der Waals surface area (Å²) < 4.78 is 32.9. The van der Waals surface area contributed by atoms with Gasteiger partial charge in [0.25, 0.3) is 5.91 Å². The average Bonchev–Trinajstić information content (AvgIpc) is 2.68. The number of hydrogen-bond acceptors (Lipinski definition) is 5. The summed E-state index contributed by atoms with van der Waals surface area (Å²) in [6.45, 7) is 3.93. The first-order valence-corrected chi connectivity index (χ1v) is 12.1. The van der Waals surface area contributed by atoms with E-state index < -0.39 is 10.0 Å². The first kappa shape index (κ1) is 23.5. The molecule has 0 heterocycles. The van der Waals surface area contributed by atoms with Crippen molar-refractivity contribution in [1.29, 1.82) is 0 Å². The predicted molar refractivity (Wildman–Crippen MR) is 118 cm³/mol. The highest BCUT2D eigenvalue weighted by molar-refractivity contribution is 7.98. The second kappa shape index (κ2) is 10.9. The van der Waals surface area contributed by atoms with Gasteiger partial charge in [0.05, 0.1) is 17.6 Å². The maximum atomic E-state index is 12.6. The molecule has 158 valence electrons. The number of halogens is 1. The normalized spacial score (nSPS) is 11.5. The van der Waals surface area contributed by atoms with Crippen molar-refractivity contribution < 1.29 is 17.9 Å². The lowest BCUT2D eigenvalue weighted by atomic mass is 10.2. The van der Waals surface area contributed by atoms with Crippen LogP contribution in [-0.2, 0) is 15.8 Å². The molecule has 2 rings (SSSR count). The molecular formula is C20H25ClN2O4S2. The van der Waals surface area contributed by atoms with Gasteiger partial charge in [-0.1, -0.05) is 23.7 Å². The van der Waals surface area contributed by atoms with Gasteiger partial charge in [0.1, 0.15) is 5.75 Å². The molecule has 0 aliphatic rings. The molecule has 0 aliphatic carbocycles. The third-order valence-corrected chi connectivity index (χ3v) is 6.61. The molecule has 0 fully saturated rings. The number of amides is 1. The molecule has 0 saturated heterocycles. The molecule has 0 atom stereocenters. The third-order valence-electron chi connectivity index (χ3n) is 3.87. The van der Waals surface area contributed by atoms with E-state index in [1.807, 2.05) is 38.1 Å². The second-order valence-electron chi connectivity index (χ2n) is 6.57. The van der Waals surface area contributed by atoms with E-state index >= 15 is 0 Å². The minimum Gasteiger partial charge on any atom is -0.496 e. The van der Waals surface area contributed by atoms with E-state index in [9.17, 15) is 13.2 Å². The number of thioether (sulfide) groups is 1. The molecule has 0 unspecified atom stereocenters. The van der Waals surface area contributed by atoms with Crippen molar-refractivity contribution in [2.45, 2.75) is 30.5 Å². The van der Waals surface area contributed by atoms with Crippen molar-refractivity contribution in [2.24, 2.45) is 0 Å². The number of nitrogens with one attached hydrogen (secondary N) is 2. The number of rotatable bonds is 10. The molecule has 2 N–H and O–H groups in total. The number of hydrogen-bond donors (Lipinski definition) is 2. The van der Waals surface area contributed by atoms with Crippen LogP contribution < -0.4 is 14.8 Å². The zero-order chi connectivity index (χ0) is 21.4. The molecule has 0 spiro atoms. The summed E-state index contributed by atoms with van der Waals surface area (Å²) in [5.41, 5.74) is 1.31. The monoisotopic (exact) mass is 456 g/mol. The number of methoxy groups -OCH3 is 1. The Morgan fingerprint density at radius 3 is 2.48 bits per heavy atom. The van der Waals surface area contributed by atoms with Crippen LogP contribution in [0.15, 0.2) is 47.4 Å². The van der Waals surface area contributed by atoms with Gasteiger partial charge < -0.3 is 10.1 Å². The fourth-order valence-electron chi connectivity index (χ4n) is 2.47. The Morgan fingerprint density at radius 2 is 1.86 bits per heavy atom. The summed E-state index contributed by atoms with van der Waals surface area (Å²) in [6.07, 6.45) is 0. The van der Waals surface area contributed by atoms with Crippen molar-refractivity contribution in [2.75, 3.05) is 19.4 Å². The second-order valence-corrected chi connectivity index (χ2v) is 9.88. The maximum Gasteiger partial charge on any atom is 0.255 e. The van der Waals surface area contributed by atoms with Crippen LogP contribution in [0.3, 0.4) is 0 Å². The molecule has 1 amide bonds. The van der Waals surface area contributed by atoms with E-state index in [1.165, 1.54) is 25.3 Å². The van der Waals surface area contributed by atoms with Crippen molar-refractivity contribution in [3.63, 3.8) is 0 Å². The Kier molecular flexibility index (Phi) is 8.82. The van der Waals surface area contributed by atoms with Crippen molar-refractivity contribution in [1.82, 2.24) is 10.0 Å². The van der Waals surface area contributed by atoms with Crippen molar-refractivity contribution in [3.05, 3.63) is 58.6 Å². The van der Waals surface area contributed by atoms with E-state index in [0.29, 0.717) is 16.5 Å². The number of benzene rings is 2. The number of ether oxygens (including phenoxy) is 1. The smallest absolute Gasteiger partial charge is 0.255 e. The number of carbonyl (C=O) groups is 1. The molecule has 0 aliphatic heterocycles. The van der Waals surface area contributed by atoms with Crippen LogP contribution >= 0.6 is 23.4 Å². The lowest BCUT2D eigenvalue weighted by Gasteiger charge is -2.13.